The molecule has 0 bridgehead atoms. The molecule has 0 saturated carbocycles. The molecule has 0 radical (unpaired) electrons. The molecule has 1 fully saturated rings. The Morgan fingerprint density at radius 3 is 2.38 bits per heavy atom. The molecule has 1 aliphatic heterocycles. The summed E-state index contributed by atoms with van der Waals surface area (Å²) in [6.45, 7) is 10.5. The van der Waals surface area contributed by atoms with Gasteiger partial charge in [0.2, 0.25) is 10.0 Å². The number of rotatable bonds is 5. The van der Waals surface area contributed by atoms with E-state index < -0.39 is 15.3 Å². The van der Waals surface area contributed by atoms with Gasteiger partial charge in [-0.15, -0.1) is 0 Å². The Kier molecular flexibility index (Phi) is 5.75. The molecule has 2 rings (SSSR count). The van der Waals surface area contributed by atoms with Gasteiger partial charge in [0.05, 0.1) is 12.6 Å². The van der Waals surface area contributed by atoms with Crippen molar-refractivity contribution in [1.82, 2.24) is 9.79 Å². The van der Waals surface area contributed by atoms with E-state index in [4.69, 9.17) is 4.84 Å². The molecule has 1 aromatic rings. The summed E-state index contributed by atoms with van der Waals surface area (Å²) in [5.74, 6) is 0. The van der Waals surface area contributed by atoms with E-state index in [-0.39, 0.29) is 24.1 Å². The lowest BCUT2D eigenvalue weighted by atomic mass is 9.86. The van der Waals surface area contributed by atoms with Crippen molar-refractivity contribution in [3.63, 3.8) is 0 Å². The molecular formula is C18H30N2O3S. The first-order valence-electron chi connectivity index (χ1n) is 8.53. The Balaban J connectivity index is 2.29. The van der Waals surface area contributed by atoms with E-state index in [2.05, 4.69) is 37.6 Å². The molecule has 0 unspecified atom stereocenters. The van der Waals surface area contributed by atoms with Gasteiger partial charge in [-0.25, -0.2) is 13.1 Å². The third-order valence-electron chi connectivity index (χ3n) is 4.68. The topological polar surface area (TPSA) is 58.6 Å². The average Bonchev–Trinajstić information content (AvgIpc) is 2.88. The molecule has 1 heterocycles. The van der Waals surface area contributed by atoms with Crippen molar-refractivity contribution < 1.29 is 13.3 Å². The van der Waals surface area contributed by atoms with Crippen LogP contribution in [-0.2, 0) is 20.3 Å². The van der Waals surface area contributed by atoms with Crippen LogP contribution in [0.15, 0.2) is 24.3 Å². The fraction of sp³-hybridized carbons (Fsp3) is 0.667. The van der Waals surface area contributed by atoms with Gasteiger partial charge in [0, 0.05) is 13.1 Å². The Labute approximate surface area is 146 Å². The van der Waals surface area contributed by atoms with Crippen molar-refractivity contribution in [2.45, 2.75) is 63.8 Å². The normalized spacial score (nSPS) is 24.2. The summed E-state index contributed by atoms with van der Waals surface area (Å²) in [7, 11) is -1.66. The first-order valence-corrected chi connectivity index (χ1v) is 10.1. The molecule has 0 spiro atoms. The summed E-state index contributed by atoms with van der Waals surface area (Å²) in [5, 5.41) is 1.05. The van der Waals surface area contributed by atoms with Crippen molar-refractivity contribution in [2.75, 3.05) is 13.7 Å². The van der Waals surface area contributed by atoms with Crippen LogP contribution in [-0.4, -0.2) is 38.4 Å². The highest BCUT2D eigenvalue weighted by atomic mass is 32.2. The second kappa shape index (κ2) is 7.12. The summed E-state index contributed by atoms with van der Waals surface area (Å²) in [4.78, 5) is 5.55. The molecule has 6 heteroatoms. The lowest BCUT2D eigenvalue weighted by molar-refractivity contribution is -0.110. The van der Waals surface area contributed by atoms with Crippen LogP contribution in [0.4, 0.5) is 0 Å². The Hall–Kier alpha value is -0.950. The number of hydrogen-bond donors (Lipinski definition) is 1. The molecule has 0 aliphatic carbocycles. The van der Waals surface area contributed by atoms with E-state index in [1.165, 1.54) is 5.56 Å². The van der Waals surface area contributed by atoms with Gasteiger partial charge >= 0.3 is 0 Å². The van der Waals surface area contributed by atoms with Crippen molar-refractivity contribution in [3.8, 4) is 0 Å². The molecule has 24 heavy (non-hydrogen) atoms. The van der Waals surface area contributed by atoms with E-state index >= 15 is 0 Å². The van der Waals surface area contributed by atoms with Gasteiger partial charge in [-0.05, 0) is 29.9 Å². The molecule has 3 atom stereocenters. The summed E-state index contributed by atoms with van der Waals surface area (Å²) in [6, 6.07) is 7.80. The van der Waals surface area contributed by atoms with Gasteiger partial charge in [0.1, 0.15) is 5.25 Å². The smallest absolute Gasteiger partial charge is 0.219 e. The zero-order chi connectivity index (χ0) is 18.1. The summed E-state index contributed by atoms with van der Waals surface area (Å²) in [6.07, 6.45) is 0.758. The maximum absolute atomic E-state index is 12.7. The van der Waals surface area contributed by atoms with E-state index in [0.717, 1.165) is 12.0 Å². The molecule has 5 nitrogen and oxygen atoms in total. The quantitative estimate of drug-likeness (QED) is 0.883. The number of hydrogen-bond acceptors (Lipinski definition) is 4. The maximum Gasteiger partial charge on any atom is 0.219 e. The fourth-order valence-electron chi connectivity index (χ4n) is 2.91. The number of hydroxylamine groups is 2. The minimum atomic E-state index is -3.46. The van der Waals surface area contributed by atoms with Gasteiger partial charge in [-0.1, -0.05) is 52.0 Å². The fourth-order valence-corrected chi connectivity index (χ4v) is 4.72. The lowest BCUT2D eigenvalue weighted by Gasteiger charge is -2.25. The monoisotopic (exact) mass is 354 g/mol. The average molecular weight is 355 g/mol. The minimum Gasteiger partial charge on any atom is -0.297 e. The molecule has 1 aliphatic rings. The third-order valence-corrected chi connectivity index (χ3v) is 6.60. The van der Waals surface area contributed by atoms with E-state index in [1.807, 2.05) is 26.0 Å². The van der Waals surface area contributed by atoms with Crippen molar-refractivity contribution in [2.24, 2.45) is 0 Å². The van der Waals surface area contributed by atoms with Gasteiger partial charge in [0.25, 0.3) is 0 Å². The van der Waals surface area contributed by atoms with Crippen LogP contribution in [0.5, 0.6) is 0 Å². The van der Waals surface area contributed by atoms with E-state index in [1.54, 1.807) is 12.1 Å². The Bertz CT molecular complexity index is 650. The van der Waals surface area contributed by atoms with E-state index in [0.29, 0.717) is 0 Å². The standard InChI is InChI=1S/C18H30N2O3S/c1-7-13(2)19-24(21,22)16-12-23-20(6)17(16)14-8-10-15(11-9-14)18(3,4)5/h8-11,13,16-17,19H,7,12H2,1-6H3/t13-,16+,17-/m0/s1. The third kappa shape index (κ3) is 4.17. The van der Waals surface area contributed by atoms with Crippen molar-refractivity contribution in [3.05, 3.63) is 35.4 Å². The van der Waals surface area contributed by atoms with E-state index in [9.17, 15) is 8.42 Å². The summed E-state index contributed by atoms with van der Waals surface area (Å²) >= 11 is 0. The van der Waals surface area contributed by atoms with Crippen LogP contribution in [0.1, 0.15) is 58.2 Å². The predicted molar refractivity (Wildman–Crippen MR) is 97.2 cm³/mol. The highest BCUT2D eigenvalue weighted by molar-refractivity contribution is 7.90. The Morgan fingerprint density at radius 2 is 1.88 bits per heavy atom. The van der Waals surface area contributed by atoms with Gasteiger partial charge in [-0.2, -0.15) is 5.06 Å². The number of nitrogens with zero attached hydrogens (tertiary/aromatic N) is 1. The van der Waals surface area contributed by atoms with Crippen LogP contribution in [0.2, 0.25) is 0 Å². The highest BCUT2D eigenvalue weighted by Crippen LogP contribution is 2.34. The molecule has 136 valence electrons. The molecule has 0 aromatic heterocycles. The minimum absolute atomic E-state index is 0.0696. The molecule has 1 saturated heterocycles. The van der Waals surface area contributed by atoms with Crippen LogP contribution >= 0.6 is 0 Å². The summed E-state index contributed by atoms with van der Waals surface area (Å²) < 4.78 is 28.2. The highest BCUT2D eigenvalue weighted by Gasteiger charge is 2.43. The van der Waals surface area contributed by atoms with Crippen LogP contribution in [0.3, 0.4) is 0 Å². The largest absolute Gasteiger partial charge is 0.297 e. The number of benzene rings is 1. The Morgan fingerprint density at radius 1 is 1.29 bits per heavy atom. The van der Waals surface area contributed by atoms with Crippen LogP contribution in [0, 0.1) is 0 Å². The summed E-state index contributed by atoms with van der Waals surface area (Å²) in [5.41, 5.74) is 2.26. The SMILES string of the molecule is CC[C@H](C)NS(=O)(=O)[C@@H]1CON(C)[C@H]1c1ccc(C(C)(C)C)cc1. The number of nitrogens with one attached hydrogen (secondary N) is 1. The first-order chi connectivity index (χ1) is 11.1. The molecular weight excluding hydrogens is 324 g/mol. The first kappa shape index (κ1) is 19.4. The molecule has 1 aromatic carbocycles. The van der Waals surface area contributed by atoms with Crippen LogP contribution < -0.4 is 4.72 Å². The van der Waals surface area contributed by atoms with Gasteiger partial charge in [0.15, 0.2) is 0 Å². The van der Waals surface area contributed by atoms with Crippen molar-refractivity contribution in [1.29, 1.82) is 0 Å². The number of sulfonamides is 1. The van der Waals surface area contributed by atoms with Crippen molar-refractivity contribution >= 4 is 10.0 Å². The molecule has 0 amide bonds. The van der Waals surface area contributed by atoms with Gasteiger partial charge in [-0.3, -0.25) is 4.84 Å². The zero-order valence-corrected chi connectivity index (χ0v) is 16.4. The van der Waals surface area contributed by atoms with Gasteiger partial charge < -0.3 is 0 Å². The zero-order valence-electron chi connectivity index (χ0n) is 15.5. The second-order valence-corrected chi connectivity index (χ2v) is 9.60. The maximum atomic E-state index is 12.7. The lowest BCUT2D eigenvalue weighted by Crippen LogP contribution is -2.42. The second-order valence-electron chi connectivity index (χ2n) is 7.67. The van der Waals surface area contributed by atoms with Crippen LogP contribution in [0.25, 0.3) is 0 Å². The molecule has 1 N–H and O–H groups in total. The predicted octanol–water partition coefficient (Wildman–Crippen LogP) is 2.99.